The van der Waals surface area contributed by atoms with Crippen molar-refractivity contribution in [1.29, 1.82) is 0 Å². The molecule has 0 saturated heterocycles. The summed E-state index contributed by atoms with van der Waals surface area (Å²) >= 11 is 0. The van der Waals surface area contributed by atoms with E-state index in [9.17, 15) is 10.1 Å². The van der Waals surface area contributed by atoms with Gasteiger partial charge in [-0.15, -0.1) is 0 Å². The third-order valence-corrected chi connectivity index (χ3v) is 1.06. The van der Waals surface area contributed by atoms with Gasteiger partial charge in [-0.1, -0.05) is 0 Å². The van der Waals surface area contributed by atoms with Crippen LogP contribution in [0.3, 0.4) is 0 Å². The van der Waals surface area contributed by atoms with Gasteiger partial charge in [-0.2, -0.15) is 0 Å². The van der Waals surface area contributed by atoms with Gasteiger partial charge in [0, 0.05) is 12.1 Å². The molecular weight excluding hydrogens is 214 g/mol. The fourth-order valence-electron chi connectivity index (χ4n) is 0.574. The molecule has 0 aromatic heterocycles. The Labute approximate surface area is 84.3 Å². The van der Waals surface area contributed by atoms with Gasteiger partial charge in [0.1, 0.15) is 5.75 Å². The molecule has 0 unspecified atom stereocenters. The van der Waals surface area contributed by atoms with Crippen molar-refractivity contribution in [3.63, 3.8) is 0 Å². The number of non-ortho nitro benzene ring substituents is 1. The quantitative estimate of drug-likeness (QED) is 0.397. The van der Waals surface area contributed by atoms with Crippen molar-refractivity contribution in [2.24, 2.45) is 0 Å². The number of benzene rings is 1. The highest BCUT2D eigenvalue weighted by Gasteiger charge is 2.01. The molecule has 9 heteroatoms. The van der Waals surface area contributed by atoms with Crippen LogP contribution in [0.4, 0.5) is 5.69 Å². The van der Waals surface area contributed by atoms with Gasteiger partial charge in [-0.3, -0.25) is 10.1 Å². The Morgan fingerprint density at radius 3 is 1.53 bits per heavy atom. The van der Waals surface area contributed by atoms with Crippen LogP contribution in [0.25, 0.3) is 0 Å². The number of nitro benzene ring substituents is 1. The maximum atomic E-state index is 10.0. The van der Waals surface area contributed by atoms with Crippen LogP contribution in [-0.2, 0) is 0 Å². The molecule has 1 aromatic carbocycles. The first-order valence-corrected chi connectivity index (χ1v) is 2.63. The van der Waals surface area contributed by atoms with E-state index in [2.05, 4.69) is 0 Å². The minimum absolute atomic E-state index is 0. The van der Waals surface area contributed by atoms with Gasteiger partial charge in [0.2, 0.25) is 0 Å². The fourth-order valence-corrected chi connectivity index (χ4v) is 0.574. The third-order valence-electron chi connectivity index (χ3n) is 1.06. The van der Waals surface area contributed by atoms with Crippen molar-refractivity contribution in [3.8, 4) is 5.75 Å². The molecule has 0 atom stereocenters. The van der Waals surface area contributed by atoms with Crippen LogP contribution in [-0.4, -0.2) is 37.4 Å². The van der Waals surface area contributed by atoms with Crippen LogP contribution in [0.2, 0.25) is 0 Å². The Hall–Kier alpha value is -1.78. The molecule has 0 bridgehead atoms. The second-order valence-corrected chi connectivity index (χ2v) is 1.77. The molecule has 9 nitrogen and oxygen atoms in total. The van der Waals surface area contributed by atoms with E-state index in [-0.39, 0.29) is 38.8 Å². The van der Waals surface area contributed by atoms with Gasteiger partial charge in [0.05, 0.1) is 4.92 Å². The van der Waals surface area contributed by atoms with Crippen molar-refractivity contribution in [2.75, 3.05) is 0 Å². The van der Waals surface area contributed by atoms with Crippen molar-refractivity contribution >= 4 is 5.69 Å². The Bertz CT molecular complexity index is 248. The van der Waals surface area contributed by atoms with E-state index in [1.807, 2.05) is 0 Å². The molecule has 0 fully saturated rings. The summed E-state index contributed by atoms with van der Waals surface area (Å²) in [6, 6.07) is 5.04. The summed E-state index contributed by atoms with van der Waals surface area (Å²) in [7, 11) is 0. The maximum Gasteiger partial charge on any atom is 0.269 e. The predicted octanol–water partition coefficient (Wildman–Crippen LogP) is -2.82. The van der Waals surface area contributed by atoms with Crippen LogP contribution < -0.4 is 0 Å². The monoisotopic (exact) mass is 229 g/mol. The Kier molecular flexibility index (Phi) is 23.8. The van der Waals surface area contributed by atoms with Crippen LogP contribution in [0.1, 0.15) is 0 Å². The molecule has 92 valence electrons. The standard InChI is InChI=1S/C6H5NO3.5H2O/c8-6-3-1-5(2-4-6)7(9)10;;;;;/h1-4,8H;5*1H2. The molecule has 0 aliphatic heterocycles. The molecule has 0 saturated carbocycles. The fraction of sp³-hybridized carbons (Fsp3) is 0. The second-order valence-electron chi connectivity index (χ2n) is 1.77. The first-order valence-electron chi connectivity index (χ1n) is 2.63. The van der Waals surface area contributed by atoms with E-state index in [1.54, 1.807) is 0 Å². The normalized spacial score (nSPS) is 6.13. The number of phenols is 1. The minimum atomic E-state index is -0.514. The summed E-state index contributed by atoms with van der Waals surface area (Å²) in [6.07, 6.45) is 0. The molecule has 1 rings (SSSR count). The van der Waals surface area contributed by atoms with E-state index in [1.165, 1.54) is 24.3 Å². The van der Waals surface area contributed by atoms with Gasteiger partial charge in [0.25, 0.3) is 5.69 Å². The molecule has 15 heavy (non-hydrogen) atoms. The Morgan fingerprint density at radius 2 is 1.27 bits per heavy atom. The topological polar surface area (TPSA) is 221 Å². The smallest absolute Gasteiger partial charge is 0.269 e. The van der Waals surface area contributed by atoms with Crippen LogP contribution in [0.5, 0.6) is 5.75 Å². The lowest BCUT2D eigenvalue weighted by molar-refractivity contribution is -0.384. The number of rotatable bonds is 1. The zero-order valence-electron chi connectivity index (χ0n) is 7.52. The number of nitro groups is 1. The summed E-state index contributed by atoms with van der Waals surface area (Å²) in [4.78, 5) is 9.52. The number of hydrogen-bond acceptors (Lipinski definition) is 3. The molecule has 11 N–H and O–H groups in total. The molecule has 0 radical (unpaired) electrons. The lowest BCUT2D eigenvalue weighted by Crippen LogP contribution is -1.85. The van der Waals surface area contributed by atoms with Crippen molar-refractivity contribution in [2.45, 2.75) is 0 Å². The highest BCUT2D eigenvalue weighted by Crippen LogP contribution is 2.14. The van der Waals surface area contributed by atoms with E-state index < -0.39 is 4.92 Å². The average Bonchev–Trinajstić information content (AvgIpc) is 1.88. The molecule has 0 heterocycles. The van der Waals surface area contributed by atoms with Crippen LogP contribution in [0, 0.1) is 10.1 Å². The van der Waals surface area contributed by atoms with E-state index in [0.717, 1.165) is 0 Å². The van der Waals surface area contributed by atoms with Crippen molar-refractivity contribution in [1.82, 2.24) is 0 Å². The molecule has 0 amide bonds. The molecule has 1 aromatic rings. The number of aromatic hydroxyl groups is 1. The number of hydrogen-bond donors (Lipinski definition) is 1. The SMILES string of the molecule is O.O.O.O.O.O=[N+]([O-])c1ccc(O)cc1. The summed E-state index contributed by atoms with van der Waals surface area (Å²) in [5, 5.41) is 18.8. The minimum Gasteiger partial charge on any atom is -0.508 e. The van der Waals surface area contributed by atoms with Crippen LogP contribution in [0.15, 0.2) is 24.3 Å². The van der Waals surface area contributed by atoms with Crippen molar-refractivity contribution < 1.29 is 37.4 Å². The number of nitrogens with zero attached hydrogens (tertiary/aromatic N) is 1. The summed E-state index contributed by atoms with van der Waals surface area (Å²) in [5.41, 5.74) is -0.0159. The highest BCUT2D eigenvalue weighted by atomic mass is 16.6. The molecule has 0 aliphatic rings. The predicted molar refractivity (Wildman–Crippen MR) is 52.8 cm³/mol. The lowest BCUT2D eigenvalue weighted by Gasteiger charge is -1.89. The largest absolute Gasteiger partial charge is 0.508 e. The molecule has 0 spiro atoms. The third kappa shape index (κ3) is 8.55. The van der Waals surface area contributed by atoms with Crippen LogP contribution >= 0.6 is 0 Å². The summed E-state index contributed by atoms with van der Waals surface area (Å²) < 4.78 is 0. The van der Waals surface area contributed by atoms with Crippen molar-refractivity contribution in [3.05, 3.63) is 34.4 Å². The molecule has 0 aliphatic carbocycles. The van der Waals surface area contributed by atoms with Gasteiger partial charge in [-0.05, 0) is 12.1 Å². The Balaban J connectivity index is -0.0000000667. The first kappa shape index (κ1) is 29.2. The average molecular weight is 229 g/mol. The Morgan fingerprint density at radius 1 is 0.933 bits per heavy atom. The summed E-state index contributed by atoms with van der Waals surface area (Å²) in [5.74, 6) is 0.0330. The molecular formula is C6H15NO8. The van der Waals surface area contributed by atoms with Gasteiger partial charge < -0.3 is 32.5 Å². The maximum absolute atomic E-state index is 10.0. The zero-order valence-corrected chi connectivity index (χ0v) is 7.52. The van der Waals surface area contributed by atoms with E-state index in [0.29, 0.717) is 0 Å². The zero-order chi connectivity index (χ0) is 7.56. The van der Waals surface area contributed by atoms with E-state index >= 15 is 0 Å². The second kappa shape index (κ2) is 12.2. The van der Waals surface area contributed by atoms with Gasteiger partial charge in [-0.25, -0.2) is 0 Å². The lowest BCUT2D eigenvalue weighted by atomic mass is 10.3. The highest BCUT2D eigenvalue weighted by molar-refractivity contribution is 5.34. The van der Waals surface area contributed by atoms with Gasteiger partial charge >= 0.3 is 0 Å². The van der Waals surface area contributed by atoms with E-state index in [4.69, 9.17) is 5.11 Å². The number of phenolic OH excluding ortho intramolecular Hbond substituents is 1. The van der Waals surface area contributed by atoms with Gasteiger partial charge in [0.15, 0.2) is 0 Å². The summed E-state index contributed by atoms with van der Waals surface area (Å²) in [6.45, 7) is 0. The first-order chi connectivity index (χ1) is 4.70.